The third-order valence-electron chi connectivity index (χ3n) is 2.93. The van der Waals surface area contributed by atoms with Crippen molar-refractivity contribution in [2.45, 2.75) is 0 Å². The second kappa shape index (κ2) is 6.13. The zero-order valence-corrected chi connectivity index (χ0v) is 12.1. The lowest BCUT2D eigenvalue weighted by Crippen LogP contribution is -2.10. The summed E-state index contributed by atoms with van der Waals surface area (Å²) in [6.07, 6.45) is 0. The summed E-state index contributed by atoms with van der Waals surface area (Å²) >= 11 is 0. The Morgan fingerprint density at radius 1 is 1.05 bits per heavy atom. The first-order valence-corrected chi connectivity index (χ1v) is 6.28. The average Bonchev–Trinajstić information content (AvgIpc) is 2.49. The molecule has 0 unspecified atom stereocenters. The van der Waals surface area contributed by atoms with E-state index in [1.54, 1.807) is 6.07 Å². The highest BCUT2D eigenvalue weighted by Crippen LogP contribution is 2.37. The fourth-order valence-corrected chi connectivity index (χ4v) is 1.88. The van der Waals surface area contributed by atoms with E-state index in [0.29, 0.717) is 5.69 Å². The van der Waals surface area contributed by atoms with Gasteiger partial charge in [0.2, 0.25) is 5.75 Å². The molecule has 0 radical (unpaired) electrons. The number of phenolic OH excluding ortho intramolecular Hbond substituents is 1. The van der Waals surface area contributed by atoms with Gasteiger partial charge in [0.05, 0.1) is 25.5 Å². The Morgan fingerprint density at radius 2 is 1.77 bits per heavy atom. The molecule has 0 saturated carbocycles. The summed E-state index contributed by atoms with van der Waals surface area (Å²) in [7, 11) is 2.77. The highest BCUT2D eigenvalue weighted by atomic mass is 16.5. The molecule has 2 aromatic carbocycles. The van der Waals surface area contributed by atoms with Gasteiger partial charge in [0.15, 0.2) is 17.2 Å². The van der Waals surface area contributed by atoms with Gasteiger partial charge in [-0.05, 0) is 30.3 Å². The number of ether oxygens (including phenoxy) is 3. The maximum absolute atomic E-state index is 12.2. The maximum atomic E-state index is 12.2. The smallest absolute Gasteiger partial charge is 0.343 e. The zero-order chi connectivity index (χ0) is 16.3. The van der Waals surface area contributed by atoms with Gasteiger partial charge in [0.1, 0.15) is 0 Å². The topological polar surface area (TPSA) is 117 Å². The molecule has 7 nitrogen and oxygen atoms in total. The molecule has 116 valence electrons. The number of carbonyl (C=O) groups excluding carboxylic acids is 1. The number of phenols is 1. The van der Waals surface area contributed by atoms with Gasteiger partial charge < -0.3 is 30.8 Å². The largest absolute Gasteiger partial charge is 0.504 e. The summed E-state index contributed by atoms with van der Waals surface area (Å²) in [6, 6.07) is 7.15. The van der Waals surface area contributed by atoms with Crippen LogP contribution in [0.2, 0.25) is 0 Å². The van der Waals surface area contributed by atoms with E-state index in [0.717, 1.165) is 0 Å². The molecular weight excluding hydrogens is 288 g/mol. The lowest BCUT2D eigenvalue weighted by Gasteiger charge is -2.12. The summed E-state index contributed by atoms with van der Waals surface area (Å²) in [5.41, 5.74) is 12.1. The fraction of sp³-hybridized carbons (Fsp3) is 0.133. The van der Waals surface area contributed by atoms with Gasteiger partial charge >= 0.3 is 5.97 Å². The Kier molecular flexibility index (Phi) is 4.26. The van der Waals surface area contributed by atoms with Crippen molar-refractivity contribution in [3.8, 4) is 23.0 Å². The van der Waals surface area contributed by atoms with Gasteiger partial charge in [0.25, 0.3) is 0 Å². The summed E-state index contributed by atoms with van der Waals surface area (Å²) < 4.78 is 15.2. The van der Waals surface area contributed by atoms with Crippen molar-refractivity contribution >= 4 is 17.3 Å². The van der Waals surface area contributed by atoms with E-state index in [9.17, 15) is 9.90 Å². The molecule has 0 aliphatic rings. The molecule has 0 saturated heterocycles. The van der Waals surface area contributed by atoms with E-state index < -0.39 is 5.97 Å². The minimum atomic E-state index is -0.701. The quantitative estimate of drug-likeness (QED) is 0.448. The molecule has 0 aliphatic carbocycles. The molecule has 5 N–H and O–H groups in total. The normalized spacial score (nSPS) is 10.1. The van der Waals surface area contributed by atoms with Crippen molar-refractivity contribution in [3.05, 3.63) is 35.9 Å². The fourth-order valence-electron chi connectivity index (χ4n) is 1.88. The number of nitrogens with two attached hydrogens (primary N) is 2. The van der Waals surface area contributed by atoms with Gasteiger partial charge in [0, 0.05) is 5.69 Å². The standard InChI is InChI=1S/C15H16N2O5/c1-20-13-6-8(5-11(18)14(13)21-2)15(19)22-12-4-3-9(16)7-10(12)17/h3-7,18H,16-17H2,1-2H3. The lowest BCUT2D eigenvalue weighted by molar-refractivity contribution is 0.0735. The first-order chi connectivity index (χ1) is 10.5. The van der Waals surface area contributed by atoms with Crippen LogP contribution < -0.4 is 25.7 Å². The summed E-state index contributed by atoms with van der Waals surface area (Å²) in [6.45, 7) is 0. The molecule has 22 heavy (non-hydrogen) atoms. The van der Waals surface area contributed by atoms with E-state index in [4.69, 9.17) is 25.7 Å². The van der Waals surface area contributed by atoms with E-state index in [1.807, 2.05) is 0 Å². The van der Waals surface area contributed by atoms with Gasteiger partial charge in [-0.3, -0.25) is 0 Å². The molecule has 0 amide bonds. The number of aromatic hydroxyl groups is 1. The van der Waals surface area contributed by atoms with E-state index in [2.05, 4.69) is 0 Å². The van der Waals surface area contributed by atoms with Crippen LogP contribution in [-0.4, -0.2) is 25.3 Å². The molecule has 0 bridgehead atoms. The van der Waals surface area contributed by atoms with Gasteiger partial charge in [-0.25, -0.2) is 4.79 Å². The van der Waals surface area contributed by atoms with Crippen LogP contribution in [0.15, 0.2) is 30.3 Å². The minimum absolute atomic E-state index is 0.0892. The maximum Gasteiger partial charge on any atom is 0.343 e. The Hall–Kier alpha value is -3.09. The SMILES string of the molecule is COc1cc(C(=O)Oc2ccc(N)cc2N)cc(O)c1OC. The Bertz CT molecular complexity index is 715. The zero-order valence-electron chi connectivity index (χ0n) is 12.1. The van der Waals surface area contributed by atoms with E-state index >= 15 is 0 Å². The summed E-state index contributed by atoms with van der Waals surface area (Å²) in [5, 5.41) is 9.86. The predicted octanol–water partition coefficient (Wildman–Crippen LogP) is 1.79. The number of hydrogen-bond donors (Lipinski definition) is 3. The van der Waals surface area contributed by atoms with Crippen LogP contribution in [0.4, 0.5) is 11.4 Å². The van der Waals surface area contributed by atoms with Crippen LogP contribution in [0.3, 0.4) is 0 Å². The van der Waals surface area contributed by atoms with Crippen LogP contribution >= 0.6 is 0 Å². The Morgan fingerprint density at radius 3 is 2.36 bits per heavy atom. The van der Waals surface area contributed by atoms with E-state index in [1.165, 1.54) is 38.5 Å². The van der Waals surface area contributed by atoms with Crippen LogP contribution in [0.25, 0.3) is 0 Å². The van der Waals surface area contributed by atoms with Gasteiger partial charge in [-0.1, -0.05) is 0 Å². The number of methoxy groups -OCH3 is 2. The Labute approximate surface area is 127 Å². The molecule has 0 aromatic heterocycles. The highest BCUT2D eigenvalue weighted by Gasteiger charge is 2.18. The average molecular weight is 304 g/mol. The van der Waals surface area contributed by atoms with E-state index in [-0.39, 0.29) is 34.2 Å². The Balaban J connectivity index is 2.31. The van der Waals surface area contributed by atoms with Crippen molar-refractivity contribution in [1.29, 1.82) is 0 Å². The number of nitrogen functional groups attached to an aromatic ring is 2. The second-order valence-electron chi connectivity index (χ2n) is 4.42. The summed E-state index contributed by atoms with van der Waals surface area (Å²) in [4.78, 5) is 12.2. The molecule has 0 atom stereocenters. The monoisotopic (exact) mass is 304 g/mol. The van der Waals surface area contributed by atoms with Crippen LogP contribution in [0.5, 0.6) is 23.0 Å². The first kappa shape index (κ1) is 15.3. The first-order valence-electron chi connectivity index (χ1n) is 6.28. The molecule has 0 spiro atoms. The molecule has 2 rings (SSSR count). The third kappa shape index (κ3) is 2.98. The predicted molar refractivity (Wildman–Crippen MR) is 81.4 cm³/mol. The third-order valence-corrected chi connectivity index (χ3v) is 2.93. The lowest BCUT2D eigenvalue weighted by atomic mass is 10.2. The van der Waals surface area contributed by atoms with Crippen molar-refractivity contribution < 1.29 is 24.1 Å². The highest BCUT2D eigenvalue weighted by molar-refractivity contribution is 5.93. The number of anilines is 2. The molecule has 2 aromatic rings. The number of hydrogen-bond acceptors (Lipinski definition) is 7. The van der Waals surface area contributed by atoms with Crippen molar-refractivity contribution in [1.82, 2.24) is 0 Å². The van der Waals surface area contributed by atoms with Crippen molar-refractivity contribution in [2.24, 2.45) is 0 Å². The number of carbonyl (C=O) groups is 1. The minimum Gasteiger partial charge on any atom is -0.504 e. The molecule has 7 heteroatoms. The van der Waals surface area contributed by atoms with Gasteiger partial charge in [-0.15, -0.1) is 0 Å². The van der Waals surface area contributed by atoms with Crippen molar-refractivity contribution in [2.75, 3.05) is 25.7 Å². The number of benzene rings is 2. The number of rotatable bonds is 4. The summed E-state index contributed by atoms with van der Waals surface area (Å²) in [5.74, 6) is -0.425. The van der Waals surface area contributed by atoms with Crippen molar-refractivity contribution in [3.63, 3.8) is 0 Å². The number of esters is 1. The molecule has 0 fully saturated rings. The van der Waals surface area contributed by atoms with Crippen LogP contribution in [0, 0.1) is 0 Å². The van der Waals surface area contributed by atoms with Gasteiger partial charge in [-0.2, -0.15) is 0 Å². The van der Waals surface area contributed by atoms with Crippen LogP contribution in [0.1, 0.15) is 10.4 Å². The second-order valence-corrected chi connectivity index (χ2v) is 4.42. The molecule has 0 heterocycles. The molecule has 0 aliphatic heterocycles. The van der Waals surface area contributed by atoms with Crippen LogP contribution in [-0.2, 0) is 0 Å². The molecular formula is C15H16N2O5.